The molecule has 0 fully saturated rings. The van der Waals surface area contributed by atoms with Crippen LogP contribution < -0.4 is 14.2 Å². The Hall–Kier alpha value is -6.36. The number of nitrogens with zero attached hydrogens (tertiary/aromatic N) is 10. The maximum atomic E-state index is 13.1. The normalized spacial score (nSPS) is 12.0. The van der Waals surface area contributed by atoms with E-state index in [9.17, 15) is 14.7 Å². The standard InChI is InChI=1S/C25H35N5O3Si.C19H21N5O3/c1-24(2,3)32-23(31)30(22-20-21(28-17-29-22)27-15-14-26-20)16-13-18-9-11-19(12-10-18)33-34(7,8)25(4,5)6;1-19(2,3)27-18(26)24(11-8-13-4-6-14(25)7-5-13)17-15-16(22-12-23-17)21-10-9-20-15/h9-12,14-15,17H,13,16H2,1-8H3;4-7,9-10,12,25H,8,11H2,1-3H3. The number of phenolic OH excluding ortho intramolecular Hbond substituents is 1. The van der Waals surface area contributed by atoms with Gasteiger partial charge in [-0.15, -0.1) is 0 Å². The zero-order chi connectivity index (χ0) is 44.6. The molecule has 0 saturated heterocycles. The Morgan fingerprint density at radius 2 is 0.967 bits per heavy atom. The van der Waals surface area contributed by atoms with Crippen molar-refractivity contribution in [3.63, 3.8) is 0 Å². The molecule has 0 unspecified atom stereocenters. The smallest absolute Gasteiger partial charge is 0.416 e. The Balaban J connectivity index is 0.000000237. The van der Waals surface area contributed by atoms with Gasteiger partial charge in [-0.2, -0.15) is 0 Å². The van der Waals surface area contributed by atoms with Gasteiger partial charge in [0.25, 0.3) is 0 Å². The summed E-state index contributed by atoms with van der Waals surface area (Å²) in [5.41, 5.74) is 2.44. The average molecular weight is 849 g/mol. The van der Waals surface area contributed by atoms with E-state index < -0.39 is 31.7 Å². The van der Waals surface area contributed by atoms with Crippen molar-refractivity contribution in [2.75, 3.05) is 22.9 Å². The van der Waals surface area contributed by atoms with Gasteiger partial charge in [0.05, 0.1) is 0 Å². The number of carbonyl (C=O) groups excluding carboxylic acids is 2. The lowest BCUT2D eigenvalue weighted by molar-refractivity contribution is 0.0569. The van der Waals surface area contributed by atoms with Crippen molar-refractivity contribution in [2.45, 2.75) is 104 Å². The van der Waals surface area contributed by atoms with Crippen LogP contribution in [0, 0.1) is 0 Å². The predicted octanol–water partition coefficient (Wildman–Crippen LogP) is 8.90. The lowest BCUT2D eigenvalue weighted by atomic mass is 10.1. The first-order valence-electron chi connectivity index (χ1n) is 20.0. The molecule has 0 atom stereocenters. The molecular formula is C44H56N10O6Si. The molecule has 2 aromatic carbocycles. The Morgan fingerprint density at radius 1 is 0.574 bits per heavy atom. The molecule has 6 aromatic rings. The molecule has 0 bridgehead atoms. The molecule has 6 rings (SSSR count). The number of rotatable bonds is 10. The molecule has 16 nitrogen and oxygen atoms in total. The first kappa shape index (κ1) is 45.7. The second kappa shape index (κ2) is 18.9. The third kappa shape index (κ3) is 12.8. The third-order valence-electron chi connectivity index (χ3n) is 9.53. The van der Waals surface area contributed by atoms with Crippen molar-refractivity contribution in [1.29, 1.82) is 0 Å². The number of amides is 2. The van der Waals surface area contributed by atoms with Gasteiger partial charge in [0.15, 0.2) is 34.0 Å². The lowest BCUT2D eigenvalue weighted by Crippen LogP contribution is -2.43. The van der Waals surface area contributed by atoms with E-state index in [1.807, 2.05) is 45.0 Å². The number of anilines is 2. The van der Waals surface area contributed by atoms with Gasteiger partial charge < -0.3 is 19.0 Å². The summed E-state index contributed by atoms with van der Waals surface area (Å²) in [6, 6.07) is 14.9. The van der Waals surface area contributed by atoms with E-state index in [2.05, 4.69) is 73.7 Å². The fourth-order valence-corrected chi connectivity index (χ4v) is 6.51. The summed E-state index contributed by atoms with van der Waals surface area (Å²) < 4.78 is 17.6. The van der Waals surface area contributed by atoms with Crippen LogP contribution in [0.5, 0.6) is 11.5 Å². The Bertz CT molecular complexity index is 2400. The van der Waals surface area contributed by atoms with Gasteiger partial charge in [-0.05, 0) is 108 Å². The summed E-state index contributed by atoms with van der Waals surface area (Å²) in [5.74, 6) is 1.79. The second-order valence-electron chi connectivity index (χ2n) is 17.8. The number of carbonyl (C=O) groups is 2. The number of hydrogen-bond donors (Lipinski definition) is 1. The maximum absolute atomic E-state index is 13.1. The molecule has 4 aromatic heterocycles. The van der Waals surface area contributed by atoms with E-state index in [1.54, 1.807) is 57.4 Å². The van der Waals surface area contributed by atoms with Crippen molar-refractivity contribution < 1.29 is 28.6 Å². The van der Waals surface area contributed by atoms with Crippen LogP contribution in [0.15, 0.2) is 86.0 Å². The first-order valence-corrected chi connectivity index (χ1v) is 22.9. The summed E-state index contributed by atoms with van der Waals surface area (Å²) >= 11 is 0. The zero-order valence-corrected chi connectivity index (χ0v) is 37.9. The monoisotopic (exact) mass is 848 g/mol. The summed E-state index contributed by atoms with van der Waals surface area (Å²) in [7, 11) is -1.90. The summed E-state index contributed by atoms with van der Waals surface area (Å²) in [6.07, 6.45) is 9.06. The predicted molar refractivity (Wildman–Crippen MR) is 237 cm³/mol. The van der Waals surface area contributed by atoms with Crippen LogP contribution in [0.3, 0.4) is 0 Å². The molecule has 0 spiro atoms. The number of phenols is 1. The topological polar surface area (TPSA) is 192 Å². The zero-order valence-electron chi connectivity index (χ0n) is 36.9. The summed E-state index contributed by atoms with van der Waals surface area (Å²) in [5, 5.41) is 9.56. The highest BCUT2D eigenvalue weighted by atomic mass is 28.4. The van der Waals surface area contributed by atoms with Gasteiger partial charge in [-0.1, -0.05) is 45.0 Å². The maximum Gasteiger partial charge on any atom is 0.416 e. The van der Waals surface area contributed by atoms with E-state index in [0.717, 1.165) is 16.9 Å². The molecule has 2 amide bonds. The van der Waals surface area contributed by atoms with Crippen LogP contribution >= 0.6 is 0 Å². The highest BCUT2D eigenvalue weighted by molar-refractivity contribution is 6.74. The molecular weight excluding hydrogens is 793 g/mol. The Morgan fingerprint density at radius 3 is 1.36 bits per heavy atom. The average Bonchev–Trinajstić information content (AvgIpc) is 3.18. The molecule has 61 heavy (non-hydrogen) atoms. The number of hydrogen-bond acceptors (Lipinski definition) is 14. The van der Waals surface area contributed by atoms with E-state index >= 15 is 0 Å². The molecule has 0 radical (unpaired) electrons. The lowest BCUT2D eigenvalue weighted by Gasteiger charge is -2.36. The third-order valence-corrected chi connectivity index (χ3v) is 13.9. The van der Waals surface area contributed by atoms with Crippen molar-refractivity contribution >= 4 is 54.5 Å². The largest absolute Gasteiger partial charge is 0.544 e. The van der Waals surface area contributed by atoms with E-state index in [1.165, 1.54) is 34.8 Å². The van der Waals surface area contributed by atoms with Gasteiger partial charge in [0.1, 0.15) is 35.4 Å². The van der Waals surface area contributed by atoms with Gasteiger partial charge in [0, 0.05) is 37.9 Å². The van der Waals surface area contributed by atoms with Crippen LogP contribution in [0.2, 0.25) is 18.1 Å². The molecule has 322 valence electrons. The molecule has 1 N–H and O–H groups in total. The Kier molecular flexibility index (Phi) is 14.2. The molecule has 0 aliphatic carbocycles. The van der Waals surface area contributed by atoms with Crippen LogP contribution in [0.25, 0.3) is 22.3 Å². The highest BCUT2D eigenvalue weighted by Crippen LogP contribution is 2.37. The number of benzene rings is 2. The minimum atomic E-state index is -1.90. The number of aromatic nitrogens is 8. The minimum absolute atomic E-state index is 0.128. The number of aromatic hydroxyl groups is 1. The van der Waals surface area contributed by atoms with Crippen LogP contribution in [-0.2, 0) is 22.3 Å². The van der Waals surface area contributed by atoms with Crippen LogP contribution in [0.1, 0.15) is 73.4 Å². The SMILES string of the molecule is CC(C)(C)OC(=O)N(CCc1ccc(O)cc1)c1ncnc2nccnc12.CC(C)(C)OC(=O)N(CCc1ccc(O[Si](C)(C)C(C)(C)C)cc1)c1ncnc2nccnc12. The second-order valence-corrected chi connectivity index (χ2v) is 22.5. The summed E-state index contributed by atoms with van der Waals surface area (Å²) in [4.78, 5) is 62.8. The van der Waals surface area contributed by atoms with Crippen LogP contribution in [-0.4, -0.2) is 89.8 Å². The highest BCUT2D eigenvalue weighted by Gasteiger charge is 2.39. The fraction of sp³-hybridized carbons (Fsp3) is 0.409. The quantitative estimate of drug-likeness (QED) is 0.129. The van der Waals surface area contributed by atoms with Crippen molar-refractivity contribution in [2.24, 2.45) is 0 Å². The van der Waals surface area contributed by atoms with E-state index in [-0.39, 0.29) is 10.8 Å². The van der Waals surface area contributed by atoms with E-state index in [4.69, 9.17) is 13.9 Å². The summed E-state index contributed by atoms with van der Waals surface area (Å²) in [6.45, 7) is 22.7. The Labute approximate surface area is 358 Å². The van der Waals surface area contributed by atoms with Crippen molar-refractivity contribution in [3.8, 4) is 11.5 Å². The van der Waals surface area contributed by atoms with E-state index in [0.29, 0.717) is 59.9 Å². The fourth-order valence-electron chi connectivity index (χ4n) is 5.48. The molecule has 0 saturated carbocycles. The minimum Gasteiger partial charge on any atom is -0.544 e. The van der Waals surface area contributed by atoms with Crippen molar-refractivity contribution in [1.82, 2.24) is 39.9 Å². The molecule has 0 aliphatic rings. The van der Waals surface area contributed by atoms with Gasteiger partial charge in [0.2, 0.25) is 8.32 Å². The molecule has 0 aliphatic heterocycles. The van der Waals surface area contributed by atoms with Gasteiger partial charge in [-0.25, -0.2) is 49.5 Å². The van der Waals surface area contributed by atoms with Crippen LogP contribution in [0.4, 0.5) is 21.2 Å². The van der Waals surface area contributed by atoms with Gasteiger partial charge in [-0.3, -0.25) is 9.80 Å². The van der Waals surface area contributed by atoms with Crippen molar-refractivity contribution in [3.05, 3.63) is 97.1 Å². The van der Waals surface area contributed by atoms with Gasteiger partial charge >= 0.3 is 12.2 Å². The number of ether oxygens (including phenoxy) is 2. The first-order chi connectivity index (χ1) is 28.6. The molecule has 17 heteroatoms. The number of fused-ring (bicyclic) bond motifs is 2. The molecule has 4 heterocycles.